The van der Waals surface area contributed by atoms with Gasteiger partial charge in [-0.1, -0.05) is 284 Å². The van der Waals surface area contributed by atoms with Gasteiger partial charge in [0.1, 0.15) is 40.2 Å². The summed E-state index contributed by atoms with van der Waals surface area (Å²) in [5.41, 5.74) is 12.4. The maximum atomic E-state index is 9.01. The van der Waals surface area contributed by atoms with Crippen LogP contribution in [0.25, 0.3) is 10.8 Å². The highest BCUT2D eigenvalue weighted by Gasteiger charge is 2.56. The first-order valence-corrected chi connectivity index (χ1v) is 54.4. The minimum absolute atomic E-state index is 0.0763. The first kappa shape index (κ1) is 113. The monoisotopic (exact) mass is 1890 g/mol. The third-order valence-electron chi connectivity index (χ3n) is 30.2. The number of phenolic OH excluding ortho intramolecular Hbond substituents is 2. The molecule has 138 heavy (non-hydrogen) atoms. The predicted molar refractivity (Wildman–Crippen MR) is 577 cm³/mol. The van der Waals surface area contributed by atoms with Crippen molar-refractivity contribution in [1.82, 2.24) is 0 Å². The first-order valence-electron chi connectivity index (χ1n) is 54.4. The Hall–Kier alpha value is -8.36. The Bertz CT molecular complexity index is 4700. The van der Waals surface area contributed by atoms with Gasteiger partial charge in [-0.05, 0) is 362 Å². The van der Waals surface area contributed by atoms with Crippen molar-refractivity contribution in [2.24, 2.45) is 35.0 Å². The van der Waals surface area contributed by atoms with E-state index in [9.17, 15) is 0 Å². The van der Waals surface area contributed by atoms with Crippen molar-refractivity contribution in [2.45, 2.75) is 443 Å². The third-order valence-corrected chi connectivity index (χ3v) is 30.2. The van der Waals surface area contributed by atoms with Crippen molar-refractivity contribution in [3.8, 4) is 40.2 Å². The molecule has 0 radical (unpaired) electrons. The van der Waals surface area contributed by atoms with Crippen LogP contribution >= 0.6 is 0 Å². The largest absolute Gasteiger partial charge is 0.508 e. The van der Waals surface area contributed by atoms with Crippen LogP contribution in [0.2, 0.25) is 0 Å². The summed E-state index contributed by atoms with van der Waals surface area (Å²) >= 11 is 0. The van der Waals surface area contributed by atoms with E-state index in [1.165, 1.54) is 176 Å². The van der Waals surface area contributed by atoms with E-state index in [0.29, 0.717) is 70.9 Å². The number of ether oxygens (including phenoxy) is 10. The van der Waals surface area contributed by atoms with Crippen LogP contribution < -0.4 is 23.7 Å². The van der Waals surface area contributed by atoms with Crippen molar-refractivity contribution in [3.63, 3.8) is 0 Å². The van der Waals surface area contributed by atoms with E-state index in [4.69, 9.17) is 57.6 Å². The Labute approximate surface area is 837 Å². The molecule has 0 aromatic heterocycles. The molecule has 12 atom stereocenters. The van der Waals surface area contributed by atoms with E-state index in [1.807, 2.05) is 83.1 Å². The molecule has 9 aromatic carbocycles. The molecule has 2 N–H and O–H groups in total. The van der Waals surface area contributed by atoms with Gasteiger partial charge in [0.15, 0.2) is 6.29 Å². The van der Waals surface area contributed by atoms with Crippen LogP contribution in [0.3, 0.4) is 0 Å². The number of hydrogen-bond acceptors (Lipinski definition) is 12. The maximum Gasteiger partial charge on any atom is 0.205 e. The molecule has 0 saturated heterocycles. The normalized spacial score (nSPS) is 20.1. The summed E-state index contributed by atoms with van der Waals surface area (Å²) in [6.07, 6.45) is 32.4. The van der Waals surface area contributed by atoms with E-state index in [0.717, 1.165) is 97.9 Å². The van der Waals surface area contributed by atoms with Crippen molar-refractivity contribution >= 4 is 10.8 Å². The van der Waals surface area contributed by atoms with Crippen molar-refractivity contribution in [3.05, 3.63) is 256 Å². The highest BCUT2D eigenvalue weighted by atomic mass is 16.7. The van der Waals surface area contributed by atoms with Gasteiger partial charge in [0.25, 0.3) is 0 Å². The standard InChI is InChI=1S/C29H34O2.C24H36O2.C20H32O2.C18H30O2.C15H24O2.2C10H14O/c1-3-20(2)21-15-17-25(18-16-21)30-29(23-9-5-4-6-10-23)31-27-19-24-13-7-11-22-12-8-14-26(27)28(22)24;1-5-17(4)21-6-8-22(9-7-21)26-23(25-16(2)3)24-13-18-10-19(14-24)12-20(11-18)15-24;1-5-16(4)17-11-13-19(14-12-17)22-20(15(2)3)21-18-9-7-6-8-10-18;1-7-14(4)15-10-12-17(13-11-15)20-18(5,6)19-16(8-2)9-3;1-6-12(4)14-7-9-15(10-8-14)17-13(5)16-11(2)3;2*1-3-8(2)9-4-6-10(11)7-5-9/h7-8,11-18,20,23,27,29H,3-6,9-10,19H2,1-2H3;6-9,16-20,23H,5,10-15H2,1-4H3;11-16,18,20H,5-10H2,1-4H3;10-14,16H,7-9H2,1-6H3;7-13H,6H2,1-5H3;2*4-8,11H,3H2,1-2H3. The minimum atomic E-state index is -0.589. The Kier molecular flexibility index (Phi) is 47.3. The van der Waals surface area contributed by atoms with E-state index >= 15 is 0 Å². The summed E-state index contributed by atoms with van der Waals surface area (Å²) in [6.45, 7) is 53.9. The first-order chi connectivity index (χ1) is 66.2. The second-order valence-corrected chi connectivity index (χ2v) is 42.7. The fourth-order valence-corrected chi connectivity index (χ4v) is 20.6. The number of rotatable bonds is 39. The molecule has 760 valence electrons. The molecule has 7 aliphatic rings. The molecular weight excluding hydrogens is 1710 g/mol. The van der Waals surface area contributed by atoms with Gasteiger partial charge in [-0.25, -0.2) is 0 Å². The topological polar surface area (TPSA) is 133 Å². The summed E-state index contributed by atoms with van der Waals surface area (Å²) in [7, 11) is 0. The van der Waals surface area contributed by atoms with Crippen LogP contribution in [0.15, 0.2) is 206 Å². The van der Waals surface area contributed by atoms with E-state index in [2.05, 4.69) is 272 Å². The molecule has 9 aromatic rings. The zero-order chi connectivity index (χ0) is 100. The van der Waals surface area contributed by atoms with Gasteiger partial charge in [0.2, 0.25) is 24.7 Å². The van der Waals surface area contributed by atoms with Crippen LogP contribution in [0.5, 0.6) is 40.2 Å². The molecule has 7 aliphatic carbocycles. The fourth-order valence-electron chi connectivity index (χ4n) is 20.6. The SMILES string of the molecule is CCC(C)c1ccc(O)cc1.CCC(C)c1ccc(O)cc1.CCC(C)c1ccc(OC(C)OC(C)C)cc1.CCC(C)c1ccc(OC(OC(C)C)C23CC4CC(CC(C4)C2)C3)cc1.CCC(C)c1ccc(OC(OC2CCCCC2)C(C)C)cc1.CCC(C)c1ccc(OC(OC2Cc3cccc4cccc2c34)C2CCCCC2)cc1.CCC(CC)OC(C)(C)Oc1ccc(C(C)CC)cc1. The van der Waals surface area contributed by atoms with E-state index in [1.54, 1.807) is 24.3 Å². The maximum absolute atomic E-state index is 9.01. The van der Waals surface area contributed by atoms with Crippen LogP contribution in [-0.4, -0.2) is 65.6 Å². The second-order valence-electron chi connectivity index (χ2n) is 42.7. The molecule has 12 nitrogen and oxygen atoms in total. The molecule has 0 spiro atoms. The van der Waals surface area contributed by atoms with Gasteiger partial charge in [-0.15, -0.1) is 0 Å². The van der Waals surface area contributed by atoms with Crippen molar-refractivity contribution in [1.29, 1.82) is 0 Å². The van der Waals surface area contributed by atoms with Gasteiger partial charge >= 0.3 is 0 Å². The lowest BCUT2D eigenvalue weighted by atomic mass is 9.49. The van der Waals surface area contributed by atoms with Gasteiger partial charge in [-0.2, -0.15) is 0 Å². The molecule has 4 bridgehead atoms. The summed E-state index contributed by atoms with van der Waals surface area (Å²) in [4.78, 5) is 0. The molecule has 6 saturated carbocycles. The van der Waals surface area contributed by atoms with Crippen molar-refractivity contribution < 1.29 is 57.6 Å². The highest BCUT2D eigenvalue weighted by molar-refractivity contribution is 5.91. The molecule has 12 heteroatoms. The summed E-state index contributed by atoms with van der Waals surface area (Å²) in [6, 6.07) is 70.7. The number of benzene rings is 9. The van der Waals surface area contributed by atoms with Crippen LogP contribution in [0.1, 0.15) is 431 Å². The summed E-state index contributed by atoms with van der Waals surface area (Å²) in [5, 5.41) is 20.7. The third kappa shape index (κ3) is 35.9. The Morgan fingerprint density at radius 2 is 0.703 bits per heavy atom. The Morgan fingerprint density at radius 1 is 0.355 bits per heavy atom. The van der Waals surface area contributed by atoms with Gasteiger partial charge in [0.05, 0.1) is 30.5 Å². The summed E-state index contributed by atoms with van der Waals surface area (Å²) in [5.74, 6) is 12.4. The molecule has 6 fully saturated rings. The van der Waals surface area contributed by atoms with Gasteiger partial charge < -0.3 is 57.6 Å². The molecule has 0 amide bonds. The lowest BCUT2D eigenvalue weighted by Gasteiger charge is -2.58. The summed E-state index contributed by atoms with van der Waals surface area (Å²) < 4.78 is 61.9. The fraction of sp³-hybridized carbons (Fsp3) is 0.587. The van der Waals surface area contributed by atoms with E-state index in [-0.39, 0.29) is 55.0 Å². The molecule has 0 aliphatic heterocycles. The highest BCUT2D eigenvalue weighted by Crippen LogP contribution is 2.62. The van der Waals surface area contributed by atoms with Crippen LogP contribution in [-0.2, 0) is 30.1 Å². The Morgan fingerprint density at radius 3 is 1.07 bits per heavy atom. The number of phenols is 2. The lowest BCUT2D eigenvalue weighted by molar-refractivity contribution is -0.227. The van der Waals surface area contributed by atoms with Crippen LogP contribution in [0.4, 0.5) is 0 Å². The molecular formula is C126H184O12. The van der Waals surface area contributed by atoms with Gasteiger partial charge in [0, 0.05) is 37.5 Å². The van der Waals surface area contributed by atoms with Crippen molar-refractivity contribution in [2.75, 3.05) is 0 Å². The predicted octanol–water partition coefficient (Wildman–Crippen LogP) is 36.1. The average Bonchev–Trinajstić information content (AvgIpc) is 0.906. The van der Waals surface area contributed by atoms with E-state index < -0.39 is 5.79 Å². The number of hydrogen-bond donors (Lipinski definition) is 2. The smallest absolute Gasteiger partial charge is 0.205 e. The molecule has 0 heterocycles. The molecule has 12 unspecified atom stereocenters. The minimum Gasteiger partial charge on any atom is -0.508 e. The lowest BCUT2D eigenvalue weighted by Crippen LogP contribution is -2.54. The van der Waals surface area contributed by atoms with Crippen LogP contribution in [0, 0.1) is 35.0 Å². The number of aromatic hydroxyl groups is 2. The average molecular weight is 1890 g/mol. The zero-order valence-corrected chi connectivity index (χ0v) is 90.1. The molecule has 16 rings (SSSR count). The van der Waals surface area contributed by atoms with Gasteiger partial charge in [-0.3, -0.25) is 0 Å². The quantitative estimate of drug-likeness (QED) is 0.0355. The second kappa shape index (κ2) is 57.7. The Balaban J connectivity index is 0.000000185. The zero-order valence-electron chi connectivity index (χ0n) is 90.1.